The Morgan fingerprint density at radius 2 is 1.09 bits per heavy atom. The Balaban J connectivity index is 1.03. The second-order valence-electron chi connectivity index (χ2n) is 13.4. The lowest BCUT2D eigenvalue weighted by Gasteiger charge is -2.26. The number of ether oxygens (including phenoxy) is 2. The molecule has 0 spiro atoms. The molecule has 7 nitrogen and oxygen atoms in total. The zero-order valence-electron chi connectivity index (χ0n) is 32.3. The second-order valence-corrected chi connectivity index (χ2v) is 13.4. The van der Waals surface area contributed by atoms with Gasteiger partial charge >= 0.3 is 11.9 Å². The molecule has 0 aliphatic heterocycles. The fourth-order valence-corrected chi connectivity index (χ4v) is 6.46. The molecule has 0 N–H and O–H groups in total. The number of aromatic nitrogens is 1. The maximum atomic E-state index is 11.8. The lowest BCUT2D eigenvalue weighted by molar-refractivity contribution is -0.134. The monoisotopic (exact) mass is 761 g/mol. The smallest absolute Gasteiger partial charge is 0.335 e. The minimum atomic E-state index is -0.504. The van der Waals surface area contributed by atoms with Crippen LogP contribution in [-0.4, -0.2) is 23.5 Å². The van der Waals surface area contributed by atoms with E-state index < -0.39 is 5.97 Å². The molecule has 0 aliphatic rings. The highest BCUT2D eigenvalue weighted by Crippen LogP contribution is 2.35. The third kappa shape index (κ3) is 10.0. The number of carbonyl (C=O) groups excluding carboxylic acids is 2. The predicted molar refractivity (Wildman–Crippen MR) is 235 cm³/mol. The number of esters is 2. The van der Waals surface area contributed by atoms with E-state index in [1.807, 2.05) is 65.6 Å². The van der Waals surface area contributed by atoms with E-state index in [0.717, 1.165) is 69.9 Å². The third-order valence-electron chi connectivity index (χ3n) is 9.54. The van der Waals surface area contributed by atoms with Crippen LogP contribution in [0.15, 0.2) is 189 Å². The molecular formula is C51H43N3O4. The quantitative estimate of drug-likeness (QED) is 0.0446. The third-order valence-corrected chi connectivity index (χ3v) is 9.54. The van der Waals surface area contributed by atoms with Gasteiger partial charge in [0.1, 0.15) is 17.3 Å². The normalized spacial score (nSPS) is 10.8. The van der Waals surface area contributed by atoms with E-state index in [-0.39, 0.29) is 5.97 Å². The number of hydrogen-bond acceptors (Lipinski definition) is 7. The summed E-state index contributed by atoms with van der Waals surface area (Å²) in [5.41, 5.74) is 9.60. The molecule has 1 heterocycles. The van der Waals surface area contributed by atoms with Crippen molar-refractivity contribution in [3.05, 3.63) is 205 Å². The largest absolute Gasteiger partial charge is 0.427 e. The van der Waals surface area contributed by atoms with Crippen LogP contribution in [0, 0.1) is 0 Å². The molecular weight excluding hydrogens is 719 g/mol. The summed E-state index contributed by atoms with van der Waals surface area (Å²) in [4.78, 5) is 32.4. The van der Waals surface area contributed by atoms with E-state index in [0.29, 0.717) is 17.9 Å². The first-order chi connectivity index (χ1) is 28.4. The van der Waals surface area contributed by atoms with Crippen LogP contribution >= 0.6 is 0 Å². The van der Waals surface area contributed by atoms with Gasteiger partial charge in [-0.2, -0.15) is 0 Å². The standard InChI is InChI=1S/C51H43N3O4/c1-3-50(55)57-47-31-27-44(28-32-47)53(37-35-38-10-6-5-7-11-38)43-25-21-42(22-26-43)41-19-15-39(16-20-41)13-14-40-17-23-45(24-18-40)54(49-12-8-9-36-52-49)46-29-33-48(34-30-46)58-51(56)4-2/h4-34,36H,2-3,35,37H2,1H3. The van der Waals surface area contributed by atoms with Crippen LogP contribution in [0.4, 0.5) is 28.6 Å². The molecule has 0 radical (unpaired) electrons. The summed E-state index contributed by atoms with van der Waals surface area (Å²) in [6.45, 7) is 6.04. The first-order valence-electron chi connectivity index (χ1n) is 19.2. The Kier molecular flexibility index (Phi) is 12.6. The lowest BCUT2D eigenvalue weighted by Crippen LogP contribution is -2.20. The van der Waals surface area contributed by atoms with Crippen LogP contribution in [-0.2, 0) is 16.0 Å². The summed E-state index contributed by atoms with van der Waals surface area (Å²) in [6, 6.07) is 56.8. The van der Waals surface area contributed by atoms with Crippen molar-refractivity contribution in [3.63, 3.8) is 0 Å². The molecule has 0 fully saturated rings. The van der Waals surface area contributed by atoms with Gasteiger partial charge in [-0.3, -0.25) is 9.69 Å². The van der Waals surface area contributed by atoms with Crippen LogP contribution in [0.1, 0.15) is 30.0 Å². The van der Waals surface area contributed by atoms with Crippen molar-refractivity contribution < 1.29 is 19.1 Å². The molecule has 0 bridgehead atoms. The van der Waals surface area contributed by atoms with Gasteiger partial charge in [-0.25, -0.2) is 9.78 Å². The molecule has 7 rings (SSSR count). The van der Waals surface area contributed by atoms with Crippen LogP contribution in [0.3, 0.4) is 0 Å². The highest BCUT2D eigenvalue weighted by atomic mass is 16.5. The predicted octanol–water partition coefficient (Wildman–Crippen LogP) is 12.2. The highest BCUT2D eigenvalue weighted by Gasteiger charge is 2.15. The van der Waals surface area contributed by atoms with Crippen LogP contribution in [0.25, 0.3) is 23.3 Å². The summed E-state index contributed by atoms with van der Waals surface area (Å²) >= 11 is 0. The first kappa shape index (κ1) is 38.8. The zero-order chi connectivity index (χ0) is 40.1. The van der Waals surface area contributed by atoms with Crippen molar-refractivity contribution in [2.45, 2.75) is 19.8 Å². The van der Waals surface area contributed by atoms with Crippen molar-refractivity contribution in [1.82, 2.24) is 4.98 Å². The molecule has 0 aliphatic carbocycles. The number of carbonyl (C=O) groups is 2. The van der Waals surface area contributed by atoms with Gasteiger partial charge in [0.15, 0.2) is 0 Å². The average molecular weight is 762 g/mol. The van der Waals surface area contributed by atoms with Crippen LogP contribution in [0.5, 0.6) is 11.5 Å². The summed E-state index contributed by atoms with van der Waals surface area (Å²) in [6.07, 6.45) is 8.33. The number of rotatable bonds is 15. The number of pyridine rings is 1. The van der Waals surface area contributed by atoms with E-state index in [1.54, 1.807) is 25.3 Å². The van der Waals surface area contributed by atoms with Crippen molar-refractivity contribution in [3.8, 4) is 22.6 Å². The van der Waals surface area contributed by atoms with E-state index >= 15 is 0 Å². The lowest BCUT2D eigenvalue weighted by atomic mass is 10.0. The molecule has 58 heavy (non-hydrogen) atoms. The molecule has 6 aromatic carbocycles. The van der Waals surface area contributed by atoms with Gasteiger partial charge in [0.2, 0.25) is 0 Å². The molecule has 7 heteroatoms. The SMILES string of the molecule is C=CC(=O)Oc1ccc(N(c2ccc(C=Cc3ccc(-c4ccc(N(CCc5ccccc5)c5ccc(OC(=O)CC)cc5)cc4)cc3)cc2)c2ccccn2)cc1. The van der Waals surface area contributed by atoms with Crippen LogP contribution in [0.2, 0.25) is 0 Å². The minimum absolute atomic E-state index is 0.249. The molecule has 1 aromatic heterocycles. The Hall–Kier alpha value is -7.51. The number of benzene rings is 6. The fourth-order valence-electron chi connectivity index (χ4n) is 6.46. The summed E-state index contributed by atoms with van der Waals surface area (Å²) in [5, 5.41) is 0. The molecule has 0 saturated heterocycles. The minimum Gasteiger partial charge on any atom is -0.427 e. The Labute approximate surface area is 339 Å². The van der Waals surface area contributed by atoms with E-state index in [1.165, 1.54) is 5.56 Å². The summed E-state index contributed by atoms with van der Waals surface area (Å²) in [7, 11) is 0. The zero-order valence-corrected chi connectivity index (χ0v) is 32.3. The van der Waals surface area contributed by atoms with Crippen molar-refractivity contribution >= 4 is 52.7 Å². The average Bonchev–Trinajstić information content (AvgIpc) is 3.28. The number of hydrogen-bond donors (Lipinski definition) is 0. The maximum Gasteiger partial charge on any atom is 0.335 e. The van der Waals surface area contributed by atoms with E-state index in [4.69, 9.17) is 9.47 Å². The van der Waals surface area contributed by atoms with E-state index in [2.05, 4.69) is 126 Å². The van der Waals surface area contributed by atoms with Gasteiger partial charge in [-0.15, -0.1) is 0 Å². The molecule has 0 saturated carbocycles. The number of anilines is 5. The van der Waals surface area contributed by atoms with Crippen molar-refractivity contribution in [1.29, 1.82) is 0 Å². The number of nitrogens with zero attached hydrogens (tertiary/aromatic N) is 3. The second kappa shape index (κ2) is 18.9. The summed E-state index contributed by atoms with van der Waals surface area (Å²) in [5.74, 6) is 0.997. The molecule has 7 aromatic rings. The Morgan fingerprint density at radius 3 is 1.64 bits per heavy atom. The van der Waals surface area contributed by atoms with Gasteiger partial charge in [0.25, 0.3) is 0 Å². The van der Waals surface area contributed by atoms with E-state index in [9.17, 15) is 9.59 Å². The van der Waals surface area contributed by atoms with Gasteiger partial charge < -0.3 is 14.4 Å². The van der Waals surface area contributed by atoms with Crippen molar-refractivity contribution in [2.24, 2.45) is 0 Å². The maximum absolute atomic E-state index is 11.8. The molecule has 0 atom stereocenters. The molecule has 0 amide bonds. The molecule has 0 unspecified atom stereocenters. The Bertz CT molecular complexity index is 2450. The summed E-state index contributed by atoms with van der Waals surface area (Å²) < 4.78 is 10.7. The first-order valence-corrected chi connectivity index (χ1v) is 19.2. The van der Waals surface area contributed by atoms with Gasteiger partial charge in [0, 0.05) is 48.0 Å². The van der Waals surface area contributed by atoms with Crippen LogP contribution < -0.4 is 19.3 Å². The Morgan fingerprint density at radius 1 is 0.586 bits per heavy atom. The molecule has 286 valence electrons. The van der Waals surface area contributed by atoms with Gasteiger partial charge in [-0.05, 0) is 119 Å². The van der Waals surface area contributed by atoms with Crippen molar-refractivity contribution in [2.75, 3.05) is 16.3 Å². The van der Waals surface area contributed by atoms with Gasteiger partial charge in [0.05, 0.1) is 0 Å². The fraction of sp³-hybridized carbons (Fsp3) is 0.0784. The van der Waals surface area contributed by atoms with Gasteiger partial charge in [-0.1, -0.05) is 111 Å². The highest BCUT2D eigenvalue weighted by molar-refractivity contribution is 5.84. The topological polar surface area (TPSA) is 72.0 Å².